The highest BCUT2D eigenvalue weighted by atomic mass is 16.6. The number of rotatable bonds is 10. The molecule has 2 fully saturated rings. The van der Waals surface area contributed by atoms with Crippen molar-refractivity contribution in [3.63, 3.8) is 0 Å². The standard InChI is InChI=1S/C34H42O6/c1-23(21-31(35)39-25-13-5-3-6-14-25)37-33-27-17-9-11-19-29(27)34(30-20-12-10-18-28(30)33)38-24(2)22-32(36)40-26-15-7-4-8-16-26/h9-12,17-20,23-26H,3-8,13-16,21-22H2,1-2H3. The molecule has 2 aliphatic rings. The van der Waals surface area contributed by atoms with Gasteiger partial charge in [0.2, 0.25) is 0 Å². The van der Waals surface area contributed by atoms with Gasteiger partial charge in [0.25, 0.3) is 0 Å². The van der Waals surface area contributed by atoms with Crippen LogP contribution < -0.4 is 9.47 Å². The summed E-state index contributed by atoms with van der Waals surface area (Å²) in [5, 5.41) is 3.61. The zero-order valence-corrected chi connectivity index (χ0v) is 23.9. The molecule has 6 heteroatoms. The maximum Gasteiger partial charge on any atom is 0.309 e. The zero-order valence-electron chi connectivity index (χ0n) is 23.9. The van der Waals surface area contributed by atoms with E-state index in [0.29, 0.717) is 0 Å². The van der Waals surface area contributed by atoms with Crippen molar-refractivity contribution in [3.05, 3.63) is 48.5 Å². The van der Waals surface area contributed by atoms with Crippen molar-refractivity contribution in [1.29, 1.82) is 0 Å². The fourth-order valence-electron chi connectivity index (χ4n) is 6.09. The van der Waals surface area contributed by atoms with E-state index in [-0.39, 0.29) is 49.2 Å². The first-order chi connectivity index (χ1) is 19.5. The average Bonchev–Trinajstić information content (AvgIpc) is 2.95. The highest BCUT2D eigenvalue weighted by Crippen LogP contribution is 2.43. The summed E-state index contributed by atoms with van der Waals surface area (Å²) in [6, 6.07) is 15.9. The highest BCUT2D eigenvalue weighted by molar-refractivity contribution is 6.11. The van der Waals surface area contributed by atoms with Crippen LogP contribution in [-0.4, -0.2) is 36.4 Å². The molecule has 0 bridgehead atoms. The minimum atomic E-state index is -0.358. The van der Waals surface area contributed by atoms with Crippen molar-refractivity contribution in [1.82, 2.24) is 0 Å². The first kappa shape index (κ1) is 28.3. The van der Waals surface area contributed by atoms with Crippen molar-refractivity contribution >= 4 is 33.5 Å². The molecule has 0 N–H and O–H groups in total. The Balaban J connectivity index is 1.34. The maximum absolute atomic E-state index is 12.7. The molecule has 0 heterocycles. The van der Waals surface area contributed by atoms with E-state index in [1.165, 1.54) is 12.8 Å². The SMILES string of the molecule is CC(CC(=O)OC1CCCCC1)Oc1c2ccccc2c(OC(C)CC(=O)OC2CCCCC2)c2ccccc12. The third-order valence-electron chi connectivity index (χ3n) is 8.08. The van der Waals surface area contributed by atoms with Gasteiger partial charge < -0.3 is 18.9 Å². The molecule has 6 nitrogen and oxygen atoms in total. The van der Waals surface area contributed by atoms with Crippen LogP contribution in [0.2, 0.25) is 0 Å². The molecule has 0 radical (unpaired) electrons. The minimum Gasteiger partial charge on any atom is -0.489 e. The third kappa shape index (κ3) is 7.07. The van der Waals surface area contributed by atoms with Crippen molar-refractivity contribution in [3.8, 4) is 11.5 Å². The smallest absolute Gasteiger partial charge is 0.309 e. The van der Waals surface area contributed by atoms with Gasteiger partial charge in [-0.05, 0) is 65.2 Å². The van der Waals surface area contributed by atoms with Crippen LogP contribution in [0, 0.1) is 0 Å². The van der Waals surface area contributed by atoms with Crippen LogP contribution in [0.5, 0.6) is 11.5 Å². The Morgan fingerprint density at radius 1 is 0.600 bits per heavy atom. The molecule has 0 aromatic heterocycles. The van der Waals surface area contributed by atoms with E-state index in [1.54, 1.807) is 0 Å². The molecular weight excluding hydrogens is 504 g/mol. The van der Waals surface area contributed by atoms with Gasteiger partial charge in [-0.1, -0.05) is 61.4 Å². The molecule has 2 unspecified atom stereocenters. The second kappa shape index (κ2) is 13.4. The molecule has 40 heavy (non-hydrogen) atoms. The van der Waals surface area contributed by atoms with E-state index in [2.05, 4.69) is 0 Å². The summed E-state index contributed by atoms with van der Waals surface area (Å²) in [6.07, 6.45) is 10.5. The Morgan fingerprint density at radius 2 is 0.925 bits per heavy atom. The Morgan fingerprint density at radius 3 is 1.25 bits per heavy atom. The van der Waals surface area contributed by atoms with E-state index in [0.717, 1.165) is 84.4 Å². The van der Waals surface area contributed by atoms with E-state index in [1.807, 2.05) is 62.4 Å². The third-order valence-corrected chi connectivity index (χ3v) is 8.08. The van der Waals surface area contributed by atoms with Gasteiger partial charge in [0.15, 0.2) is 0 Å². The molecule has 0 spiro atoms. The van der Waals surface area contributed by atoms with Crippen LogP contribution in [0.1, 0.15) is 90.9 Å². The molecule has 2 atom stereocenters. The Kier molecular flexibility index (Phi) is 9.45. The second-order valence-electron chi connectivity index (χ2n) is 11.5. The van der Waals surface area contributed by atoms with Crippen molar-refractivity contribution in [2.45, 2.75) is 115 Å². The lowest BCUT2D eigenvalue weighted by molar-refractivity contribution is -0.153. The van der Waals surface area contributed by atoms with Crippen LogP contribution in [0.4, 0.5) is 0 Å². The van der Waals surface area contributed by atoms with Gasteiger partial charge in [-0.3, -0.25) is 9.59 Å². The van der Waals surface area contributed by atoms with E-state index >= 15 is 0 Å². The van der Waals surface area contributed by atoms with E-state index < -0.39 is 0 Å². The summed E-state index contributed by atoms with van der Waals surface area (Å²) >= 11 is 0. The number of benzene rings is 3. The van der Waals surface area contributed by atoms with Crippen LogP contribution >= 0.6 is 0 Å². The van der Waals surface area contributed by atoms with E-state index in [9.17, 15) is 9.59 Å². The summed E-state index contributed by atoms with van der Waals surface area (Å²) < 4.78 is 24.4. The van der Waals surface area contributed by atoms with Crippen LogP contribution in [0.15, 0.2) is 48.5 Å². The first-order valence-corrected chi connectivity index (χ1v) is 15.1. The predicted octanol–water partition coefficient (Wildman–Crippen LogP) is 8.06. The number of fused-ring (bicyclic) bond motifs is 2. The topological polar surface area (TPSA) is 71.1 Å². The van der Waals surface area contributed by atoms with Crippen LogP contribution in [-0.2, 0) is 19.1 Å². The summed E-state index contributed by atoms with van der Waals surface area (Å²) in [6.45, 7) is 3.83. The molecule has 2 aliphatic carbocycles. The quantitative estimate of drug-likeness (QED) is 0.189. The summed E-state index contributed by atoms with van der Waals surface area (Å²) in [7, 11) is 0. The second-order valence-corrected chi connectivity index (χ2v) is 11.5. The number of hydrogen-bond acceptors (Lipinski definition) is 6. The molecular formula is C34H42O6. The van der Waals surface area contributed by atoms with Gasteiger partial charge in [-0.15, -0.1) is 0 Å². The molecule has 0 aliphatic heterocycles. The molecule has 5 rings (SSSR count). The Hall–Kier alpha value is -3.28. The Labute approximate surface area is 237 Å². The van der Waals surface area contributed by atoms with Crippen LogP contribution in [0.3, 0.4) is 0 Å². The van der Waals surface area contributed by atoms with Gasteiger partial charge in [0, 0.05) is 21.5 Å². The minimum absolute atomic E-state index is 0.0356. The number of hydrogen-bond donors (Lipinski definition) is 0. The molecule has 3 aromatic rings. The summed E-state index contributed by atoms with van der Waals surface area (Å²) in [4.78, 5) is 25.3. The lowest BCUT2D eigenvalue weighted by Gasteiger charge is -2.25. The van der Waals surface area contributed by atoms with Crippen molar-refractivity contribution < 1.29 is 28.5 Å². The highest BCUT2D eigenvalue weighted by Gasteiger charge is 2.24. The van der Waals surface area contributed by atoms with Crippen molar-refractivity contribution in [2.24, 2.45) is 0 Å². The van der Waals surface area contributed by atoms with Gasteiger partial charge in [-0.2, -0.15) is 0 Å². The van der Waals surface area contributed by atoms with Gasteiger partial charge in [-0.25, -0.2) is 0 Å². The van der Waals surface area contributed by atoms with Gasteiger partial charge in [0.05, 0.1) is 12.8 Å². The summed E-state index contributed by atoms with van der Waals surface area (Å²) in [5.41, 5.74) is 0. The lowest BCUT2D eigenvalue weighted by atomic mass is 9.98. The summed E-state index contributed by atoms with van der Waals surface area (Å²) in [5.74, 6) is 1.03. The lowest BCUT2D eigenvalue weighted by Crippen LogP contribution is -2.25. The van der Waals surface area contributed by atoms with Gasteiger partial charge in [0.1, 0.15) is 35.9 Å². The predicted molar refractivity (Wildman–Crippen MR) is 157 cm³/mol. The number of carbonyl (C=O) groups is 2. The maximum atomic E-state index is 12.7. The molecule has 0 saturated heterocycles. The number of ether oxygens (including phenoxy) is 4. The number of carbonyl (C=O) groups excluding carboxylic acids is 2. The largest absolute Gasteiger partial charge is 0.489 e. The average molecular weight is 547 g/mol. The van der Waals surface area contributed by atoms with Crippen molar-refractivity contribution in [2.75, 3.05) is 0 Å². The fraction of sp³-hybridized carbons (Fsp3) is 0.529. The molecule has 214 valence electrons. The number of esters is 2. The van der Waals surface area contributed by atoms with Crippen LogP contribution in [0.25, 0.3) is 21.5 Å². The zero-order chi connectivity index (χ0) is 27.9. The first-order valence-electron chi connectivity index (χ1n) is 15.1. The van der Waals surface area contributed by atoms with Gasteiger partial charge >= 0.3 is 11.9 Å². The fourth-order valence-corrected chi connectivity index (χ4v) is 6.09. The monoisotopic (exact) mass is 546 g/mol. The molecule has 0 amide bonds. The molecule has 3 aromatic carbocycles. The Bertz CT molecular complexity index is 1150. The molecule has 2 saturated carbocycles. The normalized spacial score (nSPS) is 18.2. The van der Waals surface area contributed by atoms with E-state index in [4.69, 9.17) is 18.9 Å².